The standard InChI is InChI=1S/C27H25ClFN3O6.C18H15ClFN3O5.ClH/c1-30-26(34)20-13-32-19(15-37-16-36-2)12-31(11-18-8-9-22(29)21(28)10-18)27(35)23(32)25(24(20)33)38-14-17-6-4-3-5-7-17;1-21-17(27)11-7-23-10(8-24)6-22(18(28)14(23)16(26)15(11)25)5-9-2-3-13(20)12(19)4-9;/h3-10,12-13H,11,14-16H2,1-2H3,(H,30,34);2-4,6-7,24,26H,5,8H2,1H3,(H,21,27);1H. The number of benzene rings is 3. The molecule has 0 saturated carbocycles. The van der Waals surface area contributed by atoms with Crippen molar-refractivity contribution in [3.8, 4) is 11.5 Å². The second-order valence-corrected chi connectivity index (χ2v) is 15.1. The maximum Gasteiger partial charge on any atom is 0.279 e. The van der Waals surface area contributed by atoms with Crippen LogP contribution in [0.5, 0.6) is 11.5 Å². The van der Waals surface area contributed by atoms with Crippen LogP contribution in [0.1, 0.15) is 48.8 Å². The third-order valence-electron chi connectivity index (χ3n) is 9.96. The van der Waals surface area contributed by atoms with Gasteiger partial charge in [-0.05, 0) is 41.0 Å². The highest BCUT2D eigenvalue weighted by molar-refractivity contribution is 6.31. The number of amides is 2. The number of nitrogens with one attached hydrogen (secondary N) is 2. The van der Waals surface area contributed by atoms with Gasteiger partial charge in [-0.15, -0.1) is 12.4 Å². The molecule has 0 spiro atoms. The highest BCUT2D eigenvalue weighted by Crippen LogP contribution is 2.22. The third-order valence-corrected chi connectivity index (χ3v) is 10.5. The molecule has 4 N–H and O–H groups in total. The molecule has 4 heterocycles. The first-order chi connectivity index (χ1) is 31.6. The van der Waals surface area contributed by atoms with Gasteiger partial charge in [-0.25, -0.2) is 8.78 Å². The van der Waals surface area contributed by atoms with Crippen LogP contribution in [0.4, 0.5) is 8.78 Å². The number of carbonyl (C=O) groups excluding carboxylic acids is 2. The summed E-state index contributed by atoms with van der Waals surface area (Å²) in [7, 11) is 4.18. The molecule has 352 valence electrons. The van der Waals surface area contributed by atoms with E-state index in [9.17, 15) is 47.8 Å². The van der Waals surface area contributed by atoms with Gasteiger partial charge in [0.25, 0.3) is 22.9 Å². The van der Waals surface area contributed by atoms with Crippen LogP contribution in [-0.4, -0.2) is 68.0 Å². The molecule has 3 aromatic carbocycles. The summed E-state index contributed by atoms with van der Waals surface area (Å²) in [5.74, 6) is -3.77. The van der Waals surface area contributed by atoms with Crippen molar-refractivity contribution in [3.63, 3.8) is 0 Å². The van der Waals surface area contributed by atoms with E-state index in [-0.39, 0.29) is 83.6 Å². The summed E-state index contributed by atoms with van der Waals surface area (Å²) < 4.78 is 48.4. The molecule has 0 atom stereocenters. The Hall–Kier alpha value is -6.87. The first kappa shape index (κ1) is 51.1. The van der Waals surface area contributed by atoms with Gasteiger partial charge in [-0.3, -0.25) is 28.8 Å². The highest BCUT2D eigenvalue weighted by Gasteiger charge is 2.24. The summed E-state index contributed by atoms with van der Waals surface area (Å²) in [6.07, 6.45) is 5.21. The lowest BCUT2D eigenvalue weighted by atomic mass is 10.2. The average molecular weight is 986 g/mol. The van der Waals surface area contributed by atoms with Gasteiger partial charge in [-0.1, -0.05) is 65.7 Å². The Kier molecular flexibility index (Phi) is 17.2. The number of nitrogens with zero attached hydrogens (tertiary/aromatic N) is 4. The van der Waals surface area contributed by atoms with E-state index in [0.717, 1.165) is 26.8 Å². The van der Waals surface area contributed by atoms with Crippen LogP contribution >= 0.6 is 35.6 Å². The number of aromatic nitrogens is 4. The number of aliphatic hydroxyl groups is 1. The first-order valence-corrected chi connectivity index (χ1v) is 20.4. The molecule has 0 aliphatic heterocycles. The Balaban J connectivity index is 0.000000258. The maximum atomic E-state index is 13.8. The Bertz CT molecular complexity index is 3240. The number of pyridine rings is 2. The van der Waals surface area contributed by atoms with Crippen LogP contribution in [0.25, 0.3) is 11.0 Å². The van der Waals surface area contributed by atoms with Crippen molar-refractivity contribution in [1.82, 2.24) is 28.6 Å². The van der Waals surface area contributed by atoms with Crippen molar-refractivity contribution in [2.75, 3.05) is 28.0 Å². The Morgan fingerprint density at radius 2 is 1.19 bits per heavy atom. The van der Waals surface area contributed by atoms with Crippen molar-refractivity contribution in [2.24, 2.45) is 0 Å². The van der Waals surface area contributed by atoms with E-state index in [1.54, 1.807) is 0 Å². The SMILES string of the molecule is CNC(=O)c1cn2c(CO)cn(Cc3ccc(F)c(Cl)c3)c(=O)c2c(O)c1=O.CNC(=O)c1cn2c(COCOC)cn(Cc3ccc(F)c(Cl)c3)c(=O)c2c(OCc2ccccc2)c1=O.Cl. The quantitative estimate of drug-likeness (QED) is 0.0871. The van der Waals surface area contributed by atoms with Crippen molar-refractivity contribution >= 4 is 58.5 Å². The Morgan fingerprint density at radius 1 is 0.687 bits per heavy atom. The van der Waals surface area contributed by atoms with Crippen LogP contribution < -0.4 is 37.3 Å². The minimum absolute atomic E-state index is 0. The molecule has 7 rings (SSSR count). The average Bonchev–Trinajstić information content (AvgIpc) is 3.31. The molecule has 0 bridgehead atoms. The zero-order valence-electron chi connectivity index (χ0n) is 35.7. The molecule has 0 unspecified atom stereocenters. The molecule has 0 fully saturated rings. The molecule has 0 radical (unpaired) electrons. The summed E-state index contributed by atoms with van der Waals surface area (Å²) in [5, 5.41) is 24.5. The van der Waals surface area contributed by atoms with Crippen LogP contribution in [-0.2, 0) is 42.4 Å². The number of aromatic hydroxyl groups is 1. The Morgan fingerprint density at radius 3 is 1.70 bits per heavy atom. The zero-order valence-corrected chi connectivity index (χ0v) is 38.0. The first-order valence-electron chi connectivity index (χ1n) is 19.6. The van der Waals surface area contributed by atoms with E-state index in [4.69, 9.17) is 37.4 Å². The summed E-state index contributed by atoms with van der Waals surface area (Å²) in [4.78, 5) is 76.7. The Labute approximate surface area is 394 Å². The number of ether oxygens (including phenoxy) is 3. The largest absolute Gasteiger partial charge is 0.503 e. The number of fused-ring (bicyclic) bond motifs is 2. The smallest absolute Gasteiger partial charge is 0.279 e. The number of aliphatic hydroxyl groups excluding tert-OH is 1. The topological polar surface area (TPSA) is 213 Å². The fourth-order valence-corrected chi connectivity index (χ4v) is 7.14. The highest BCUT2D eigenvalue weighted by atomic mass is 35.5. The van der Waals surface area contributed by atoms with Gasteiger partial charge in [0.15, 0.2) is 22.5 Å². The number of methoxy groups -OCH3 is 1. The molecule has 67 heavy (non-hydrogen) atoms. The fourth-order valence-electron chi connectivity index (χ4n) is 6.74. The number of hydrogen-bond donors (Lipinski definition) is 4. The molecule has 4 aromatic heterocycles. The molecule has 7 aromatic rings. The van der Waals surface area contributed by atoms with E-state index in [2.05, 4.69) is 10.6 Å². The van der Waals surface area contributed by atoms with Gasteiger partial charge in [0, 0.05) is 46.0 Å². The molecular weight excluding hydrogens is 945 g/mol. The summed E-state index contributed by atoms with van der Waals surface area (Å²) in [5.41, 5.74) is -1.72. The maximum absolute atomic E-state index is 13.8. The minimum atomic E-state index is -1.01. The number of rotatable bonds is 14. The van der Waals surface area contributed by atoms with E-state index in [1.807, 2.05) is 30.3 Å². The van der Waals surface area contributed by atoms with Gasteiger partial charge in [0.05, 0.1) is 47.7 Å². The van der Waals surface area contributed by atoms with E-state index in [1.165, 1.54) is 79.1 Å². The van der Waals surface area contributed by atoms with Crippen LogP contribution in [0, 0.1) is 11.6 Å². The number of hydrogen-bond acceptors (Lipinski definition) is 11. The summed E-state index contributed by atoms with van der Waals surface area (Å²) in [6, 6.07) is 17.1. The molecule has 2 amide bonds. The van der Waals surface area contributed by atoms with Crippen molar-refractivity contribution < 1.29 is 42.8 Å². The number of carbonyl (C=O) groups is 2. The van der Waals surface area contributed by atoms with Crippen molar-refractivity contribution in [2.45, 2.75) is 32.9 Å². The molecule has 17 nitrogen and oxygen atoms in total. The van der Waals surface area contributed by atoms with Crippen molar-refractivity contribution in [3.05, 3.63) is 194 Å². The van der Waals surface area contributed by atoms with Gasteiger partial charge < -0.3 is 53.0 Å². The lowest BCUT2D eigenvalue weighted by molar-refractivity contribution is -0.0405. The van der Waals surface area contributed by atoms with Crippen LogP contribution in [0.15, 0.2) is 111 Å². The van der Waals surface area contributed by atoms with E-state index < -0.39 is 63.3 Å². The monoisotopic (exact) mass is 984 g/mol. The van der Waals surface area contributed by atoms with Gasteiger partial charge in [0.2, 0.25) is 10.9 Å². The van der Waals surface area contributed by atoms with E-state index >= 15 is 0 Å². The van der Waals surface area contributed by atoms with Crippen LogP contribution in [0.2, 0.25) is 10.0 Å². The van der Waals surface area contributed by atoms with Crippen LogP contribution in [0.3, 0.4) is 0 Å². The fraction of sp³-hybridized carbons (Fsp3) is 0.200. The molecule has 0 aliphatic rings. The summed E-state index contributed by atoms with van der Waals surface area (Å²) >= 11 is 11.7. The predicted molar refractivity (Wildman–Crippen MR) is 246 cm³/mol. The third kappa shape index (κ3) is 11.2. The second-order valence-electron chi connectivity index (χ2n) is 14.3. The predicted octanol–water partition coefficient (Wildman–Crippen LogP) is 4.64. The molecular formula is C45H41Cl3F2N6O11. The van der Waals surface area contributed by atoms with Gasteiger partial charge in [0.1, 0.15) is 36.2 Å². The molecule has 0 aliphatic carbocycles. The minimum Gasteiger partial charge on any atom is -0.503 e. The van der Waals surface area contributed by atoms with E-state index in [0.29, 0.717) is 16.8 Å². The lowest BCUT2D eigenvalue weighted by Crippen LogP contribution is -2.32. The molecule has 0 saturated heterocycles. The van der Waals surface area contributed by atoms with Gasteiger partial charge in [-0.2, -0.15) is 0 Å². The normalized spacial score (nSPS) is 10.9. The number of halogens is 5. The van der Waals surface area contributed by atoms with Gasteiger partial charge >= 0.3 is 0 Å². The zero-order chi connectivity index (χ0) is 47.8. The molecule has 22 heteroatoms. The summed E-state index contributed by atoms with van der Waals surface area (Å²) in [6.45, 7) is -0.642. The van der Waals surface area contributed by atoms with Crippen molar-refractivity contribution in [1.29, 1.82) is 0 Å². The lowest BCUT2D eigenvalue weighted by Gasteiger charge is -2.18. The second kappa shape index (κ2) is 22.6.